The van der Waals surface area contributed by atoms with E-state index in [1.807, 2.05) is 5.38 Å². The van der Waals surface area contributed by atoms with Crippen LogP contribution in [0.5, 0.6) is 0 Å². The second-order valence-electron chi connectivity index (χ2n) is 2.09. The summed E-state index contributed by atoms with van der Waals surface area (Å²) in [6.45, 7) is 0. The number of thiazole rings is 1. The lowest BCUT2D eigenvalue weighted by molar-refractivity contribution is 0.416. The molecule has 0 saturated carbocycles. The Morgan fingerprint density at radius 3 is 2.92 bits per heavy atom. The Morgan fingerprint density at radius 2 is 2.42 bits per heavy atom. The standard InChI is InChI=1S/C6H4BrN3OS/c7-5-3(1-11-10-5)4-2-12-6(8)9-4/h1-2H,(H2,8,9). The third-order valence-electron chi connectivity index (χ3n) is 1.32. The number of nitrogens with two attached hydrogens (primary N) is 1. The highest BCUT2D eigenvalue weighted by molar-refractivity contribution is 9.10. The quantitative estimate of drug-likeness (QED) is 0.837. The van der Waals surface area contributed by atoms with Crippen molar-refractivity contribution in [1.29, 1.82) is 0 Å². The number of nitrogen functional groups attached to an aromatic ring is 1. The van der Waals surface area contributed by atoms with E-state index in [4.69, 9.17) is 10.3 Å². The molecule has 0 fully saturated rings. The molecule has 0 aromatic carbocycles. The summed E-state index contributed by atoms with van der Waals surface area (Å²) in [6, 6.07) is 0. The average molecular weight is 246 g/mol. The van der Waals surface area contributed by atoms with E-state index in [1.54, 1.807) is 0 Å². The van der Waals surface area contributed by atoms with Crippen molar-refractivity contribution in [2.75, 3.05) is 5.73 Å². The molecular weight excluding hydrogens is 242 g/mol. The van der Waals surface area contributed by atoms with Crippen LogP contribution in [0.2, 0.25) is 0 Å². The minimum absolute atomic E-state index is 0.540. The average Bonchev–Trinajstić information content (AvgIpc) is 2.58. The fraction of sp³-hybridized carbons (Fsp3) is 0. The smallest absolute Gasteiger partial charge is 0.180 e. The summed E-state index contributed by atoms with van der Waals surface area (Å²) in [6.07, 6.45) is 1.53. The predicted octanol–water partition coefficient (Wildman–Crippen LogP) is 2.14. The van der Waals surface area contributed by atoms with Gasteiger partial charge in [-0.15, -0.1) is 11.3 Å². The van der Waals surface area contributed by atoms with Crippen LogP contribution in [0.1, 0.15) is 0 Å². The molecule has 2 N–H and O–H groups in total. The summed E-state index contributed by atoms with van der Waals surface area (Å²) < 4.78 is 5.38. The Kier molecular flexibility index (Phi) is 1.86. The summed E-state index contributed by atoms with van der Waals surface area (Å²) in [5, 5.41) is 6.06. The van der Waals surface area contributed by atoms with Gasteiger partial charge >= 0.3 is 0 Å². The van der Waals surface area contributed by atoms with E-state index in [0.717, 1.165) is 11.3 Å². The number of hydrogen-bond acceptors (Lipinski definition) is 5. The van der Waals surface area contributed by atoms with Crippen molar-refractivity contribution < 1.29 is 4.52 Å². The molecule has 0 aliphatic carbocycles. The summed E-state index contributed by atoms with van der Waals surface area (Å²) in [4.78, 5) is 4.08. The van der Waals surface area contributed by atoms with Gasteiger partial charge in [0.05, 0.1) is 11.3 Å². The largest absolute Gasteiger partial charge is 0.375 e. The zero-order valence-corrected chi connectivity index (χ0v) is 8.22. The molecule has 62 valence electrons. The Morgan fingerprint density at radius 1 is 1.58 bits per heavy atom. The van der Waals surface area contributed by atoms with E-state index >= 15 is 0 Å². The first kappa shape index (κ1) is 7.75. The van der Waals surface area contributed by atoms with Gasteiger partial charge in [-0.2, -0.15) is 0 Å². The lowest BCUT2D eigenvalue weighted by Gasteiger charge is -1.86. The maximum Gasteiger partial charge on any atom is 0.180 e. The molecule has 2 heterocycles. The molecule has 4 nitrogen and oxygen atoms in total. The van der Waals surface area contributed by atoms with Crippen LogP contribution < -0.4 is 5.73 Å². The zero-order chi connectivity index (χ0) is 8.55. The van der Waals surface area contributed by atoms with Gasteiger partial charge in [-0.25, -0.2) is 4.98 Å². The predicted molar refractivity (Wildman–Crippen MR) is 49.7 cm³/mol. The van der Waals surface area contributed by atoms with Gasteiger partial charge < -0.3 is 10.3 Å². The van der Waals surface area contributed by atoms with E-state index in [2.05, 4.69) is 26.1 Å². The molecule has 0 unspecified atom stereocenters. The first-order chi connectivity index (χ1) is 5.77. The number of aromatic nitrogens is 2. The van der Waals surface area contributed by atoms with Crippen LogP contribution in [0.15, 0.2) is 20.8 Å². The van der Waals surface area contributed by atoms with E-state index in [1.165, 1.54) is 17.6 Å². The fourth-order valence-electron chi connectivity index (χ4n) is 0.801. The maximum absolute atomic E-state index is 5.48. The first-order valence-corrected chi connectivity index (χ1v) is 4.76. The molecule has 0 amide bonds. The van der Waals surface area contributed by atoms with Crippen molar-refractivity contribution in [2.24, 2.45) is 0 Å². The Bertz CT molecular complexity index is 397. The van der Waals surface area contributed by atoms with Crippen molar-refractivity contribution in [3.05, 3.63) is 16.2 Å². The lowest BCUT2D eigenvalue weighted by Crippen LogP contribution is -1.81. The van der Waals surface area contributed by atoms with E-state index in [-0.39, 0.29) is 0 Å². The monoisotopic (exact) mass is 245 g/mol. The SMILES string of the molecule is Nc1nc(-c2conc2Br)cs1. The van der Waals surface area contributed by atoms with Crippen LogP contribution in [0.3, 0.4) is 0 Å². The van der Waals surface area contributed by atoms with E-state index in [0.29, 0.717) is 9.73 Å². The molecule has 6 heteroatoms. The Hall–Kier alpha value is -0.880. The highest BCUT2D eigenvalue weighted by Crippen LogP contribution is 2.28. The number of rotatable bonds is 1. The molecule has 0 atom stereocenters. The Balaban J connectivity index is 2.50. The van der Waals surface area contributed by atoms with Crippen LogP contribution >= 0.6 is 27.3 Å². The number of anilines is 1. The molecule has 12 heavy (non-hydrogen) atoms. The molecule has 2 aromatic rings. The highest BCUT2D eigenvalue weighted by Gasteiger charge is 2.09. The topological polar surface area (TPSA) is 64.9 Å². The second kappa shape index (κ2) is 2.87. The summed E-state index contributed by atoms with van der Waals surface area (Å²) in [5.41, 5.74) is 7.08. The van der Waals surface area contributed by atoms with Crippen LogP contribution in [0, 0.1) is 0 Å². The van der Waals surface area contributed by atoms with Crippen LogP contribution in [0.4, 0.5) is 5.13 Å². The van der Waals surface area contributed by atoms with Crippen molar-refractivity contribution in [1.82, 2.24) is 10.1 Å². The molecule has 0 radical (unpaired) electrons. The highest BCUT2D eigenvalue weighted by atomic mass is 79.9. The second-order valence-corrected chi connectivity index (χ2v) is 3.73. The summed E-state index contributed by atoms with van der Waals surface area (Å²) >= 11 is 4.62. The van der Waals surface area contributed by atoms with Crippen molar-refractivity contribution in [3.8, 4) is 11.3 Å². The van der Waals surface area contributed by atoms with Gasteiger partial charge in [0.25, 0.3) is 0 Å². The molecular formula is C6H4BrN3OS. The van der Waals surface area contributed by atoms with Crippen molar-refractivity contribution in [3.63, 3.8) is 0 Å². The number of nitrogens with zero attached hydrogens (tertiary/aromatic N) is 2. The van der Waals surface area contributed by atoms with Gasteiger partial charge in [-0.05, 0) is 15.9 Å². The first-order valence-electron chi connectivity index (χ1n) is 3.08. The molecule has 0 aliphatic heterocycles. The van der Waals surface area contributed by atoms with Crippen LogP contribution in [-0.2, 0) is 0 Å². The normalized spacial score (nSPS) is 10.4. The lowest BCUT2D eigenvalue weighted by atomic mass is 10.3. The third-order valence-corrected chi connectivity index (χ3v) is 2.57. The van der Waals surface area contributed by atoms with Gasteiger partial charge in [0.1, 0.15) is 6.26 Å². The third kappa shape index (κ3) is 1.23. The molecule has 0 spiro atoms. The molecule has 2 rings (SSSR count). The van der Waals surface area contributed by atoms with Crippen molar-refractivity contribution in [2.45, 2.75) is 0 Å². The Labute approximate surface area is 80.5 Å². The van der Waals surface area contributed by atoms with E-state index < -0.39 is 0 Å². The molecule has 0 bridgehead atoms. The number of hydrogen-bond donors (Lipinski definition) is 1. The minimum Gasteiger partial charge on any atom is -0.375 e. The number of halogens is 1. The van der Waals surface area contributed by atoms with Crippen molar-refractivity contribution >= 4 is 32.4 Å². The molecule has 0 saturated heterocycles. The molecule has 2 aromatic heterocycles. The maximum atomic E-state index is 5.48. The van der Waals surface area contributed by atoms with Gasteiger partial charge in [0, 0.05) is 5.38 Å². The minimum atomic E-state index is 0.540. The fourth-order valence-corrected chi connectivity index (χ4v) is 1.74. The molecule has 0 aliphatic rings. The summed E-state index contributed by atoms with van der Waals surface area (Å²) in [7, 11) is 0. The van der Waals surface area contributed by atoms with Gasteiger partial charge in [-0.1, -0.05) is 5.16 Å². The van der Waals surface area contributed by atoms with Gasteiger partial charge in [0.2, 0.25) is 0 Å². The van der Waals surface area contributed by atoms with Gasteiger partial charge in [0.15, 0.2) is 9.73 Å². The zero-order valence-electron chi connectivity index (χ0n) is 5.82. The van der Waals surface area contributed by atoms with Crippen LogP contribution in [0.25, 0.3) is 11.3 Å². The van der Waals surface area contributed by atoms with Crippen LogP contribution in [-0.4, -0.2) is 10.1 Å². The summed E-state index contributed by atoms with van der Waals surface area (Å²) in [5.74, 6) is 0. The van der Waals surface area contributed by atoms with E-state index in [9.17, 15) is 0 Å². The van der Waals surface area contributed by atoms with Gasteiger partial charge in [-0.3, -0.25) is 0 Å².